The van der Waals surface area contributed by atoms with Crippen LogP contribution in [0.15, 0.2) is 109 Å². The first-order valence-corrected chi connectivity index (χ1v) is 13.9. The monoisotopic (exact) mass is 546 g/mol. The summed E-state index contributed by atoms with van der Waals surface area (Å²) < 4.78 is 9.03. The summed E-state index contributed by atoms with van der Waals surface area (Å²) in [7, 11) is 3.80. The van der Waals surface area contributed by atoms with Crippen LogP contribution in [0.3, 0.4) is 0 Å². The highest BCUT2D eigenvalue weighted by atomic mass is 16.5. The number of nitrogens with zero attached hydrogens (tertiary/aromatic N) is 6. The number of hydrogen-bond acceptors (Lipinski definition) is 6. The van der Waals surface area contributed by atoms with Crippen LogP contribution in [0.1, 0.15) is 35.6 Å². The van der Waals surface area contributed by atoms with Gasteiger partial charge in [0.05, 0.1) is 31.4 Å². The Balaban J connectivity index is 1.30. The van der Waals surface area contributed by atoms with Gasteiger partial charge in [-0.1, -0.05) is 91.0 Å². The fourth-order valence-corrected chi connectivity index (χ4v) is 5.89. The zero-order valence-corrected chi connectivity index (χ0v) is 23.3. The number of imidazole rings is 1. The van der Waals surface area contributed by atoms with Crippen LogP contribution >= 0.6 is 0 Å². The van der Waals surface area contributed by atoms with Crippen LogP contribution in [0.25, 0.3) is 11.2 Å². The van der Waals surface area contributed by atoms with E-state index >= 15 is 0 Å². The zero-order chi connectivity index (χ0) is 28.2. The summed E-state index contributed by atoms with van der Waals surface area (Å²) in [5.74, 6) is 0.643. The minimum atomic E-state index is -0.791. The lowest BCUT2D eigenvalue weighted by Gasteiger charge is -2.37. The minimum Gasteiger partial charge on any atom is -0.391 e. The molecule has 1 saturated carbocycles. The highest BCUT2D eigenvalue weighted by Crippen LogP contribution is 2.43. The topological polar surface area (TPSA) is 88.7 Å². The van der Waals surface area contributed by atoms with Gasteiger partial charge in [0.15, 0.2) is 17.0 Å². The Kier molecular flexibility index (Phi) is 7.59. The van der Waals surface area contributed by atoms with Gasteiger partial charge in [-0.25, -0.2) is 19.9 Å². The van der Waals surface area contributed by atoms with Gasteiger partial charge in [-0.05, 0) is 35.4 Å². The van der Waals surface area contributed by atoms with E-state index in [-0.39, 0.29) is 12.0 Å². The summed E-state index contributed by atoms with van der Waals surface area (Å²) in [4.78, 5) is 19.7. The Bertz CT molecular complexity index is 1510. The van der Waals surface area contributed by atoms with Crippen LogP contribution in [0.4, 0.5) is 5.82 Å². The first-order chi connectivity index (χ1) is 20.1. The molecule has 5 aromatic rings. The third kappa shape index (κ3) is 5.24. The fourth-order valence-electron chi connectivity index (χ4n) is 5.89. The summed E-state index contributed by atoms with van der Waals surface area (Å²) in [6.45, 7) is 0.478. The quantitative estimate of drug-likeness (QED) is 0.152. The number of rotatable bonds is 9. The van der Waals surface area contributed by atoms with Crippen molar-refractivity contribution in [3.05, 3.63) is 120 Å². The van der Waals surface area contributed by atoms with E-state index in [2.05, 4.69) is 92.7 Å². The van der Waals surface area contributed by atoms with E-state index in [0.717, 1.165) is 23.1 Å². The van der Waals surface area contributed by atoms with Gasteiger partial charge in [0, 0.05) is 14.1 Å². The molecule has 3 atom stereocenters. The number of aromatic nitrogens is 4. The van der Waals surface area contributed by atoms with Crippen molar-refractivity contribution in [3.8, 4) is 0 Å². The molecule has 1 aliphatic carbocycles. The van der Waals surface area contributed by atoms with Gasteiger partial charge in [0.1, 0.15) is 11.9 Å². The maximum absolute atomic E-state index is 11.2. The van der Waals surface area contributed by atoms with E-state index in [9.17, 15) is 5.11 Å². The predicted octanol–water partition coefficient (Wildman–Crippen LogP) is 5.37. The predicted molar refractivity (Wildman–Crippen MR) is 160 cm³/mol. The lowest BCUT2D eigenvalue weighted by atomic mass is 9.80. The van der Waals surface area contributed by atoms with E-state index in [4.69, 9.17) is 4.74 Å². The molecule has 0 amide bonds. The summed E-state index contributed by atoms with van der Waals surface area (Å²) >= 11 is 0. The Labute approximate surface area is 240 Å². The molecule has 0 spiro atoms. The molecule has 1 N–H and O–H groups in total. The SMILES string of the molecule is CN(C)/C=N/c1ncnc2c1ncn2[C@@H]1C[C@H](COC(c2ccccc2)(c2ccccc2)c2ccccc2)CC1O. The number of aliphatic imine (C=N–C) groups is 1. The lowest BCUT2D eigenvalue weighted by molar-refractivity contribution is -0.00917. The molecule has 0 bridgehead atoms. The molecular weight excluding hydrogens is 512 g/mol. The molecule has 0 saturated heterocycles. The van der Waals surface area contributed by atoms with Crippen molar-refractivity contribution in [1.29, 1.82) is 0 Å². The van der Waals surface area contributed by atoms with E-state index in [1.165, 1.54) is 6.33 Å². The molecule has 0 aliphatic heterocycles. The minimum absolute atomic E-state index is 0.135. The van der Waals surface area contributed by atoms with Gasteiger partial charge in [-0.15, -0.1) is 0 Å². The molecule has 1 aliphatic rings. The number of fused-ring (bicyclic) bond motifs is 1. The molecule has 2 aromatic heterocycles. The number of hydrogen-bond donors (Lipinski definition) is 1. The molecule has 8 heteroatoms. The molecule has 1 unspecified atom stereocenters. The van der Waals surface area contributed by atoms with Crippen LogP contribution in [0.5, 0.6) is 0 Å². The Hall–Kier alpha value is -4.40. The molecule has 208 valence electrons. The maximum atomic E-state index is 11.2. The first kappa shape index (κ1) is 26.8. The third-order valence-electron chi connectivity index (χ3n) is 7.78. The van der Waals surface area contributed by atoms with E-state index < -0.39 is 11.7 Å². The van der Waals surface area contributed by atoms with Gasteiger partial charge < -0.3 is 19.3 Å². The molecular formula is C33H34N6O2. The van der Waals surface area contributed by atoms with Crippen molar-refractivity contribution in [2.24, 2.45) is 10.9 Å². The van der Waals surface area contributed by atoms with Gasteiger partial charge in [-0.2, -0.15) is 0 Å². The summed E-state index contributed by atoms with van der Waals surface area (Å²) in [6.07, 6.45) is 5.74. The Morgan fingerprint density at radius 1 is 0.878 bits per heavy atom. The second kappa shape index (κ2) is 11.6. The van der Waals surface area contributed by atoms with Crippen LogP contribution in [0, 0.1) is 5.92 Å². The number of benzene rings is 3. The van der Waals surface area contributed by atoms with E-state index in [1.807, 2.05) is 41.8 Å². The van der Waals surface area contributed by atoms with Gasteiger partial charge in [0.25, 0.3) is 0 Å². The third-order valence-corrected chi connectivity index (χ3v) is 7.78. The number of aliphatic hydroxyl groups is 1. The zero-order valence-electron chi connectivity index (χ0n) is 23.3. The van der Waals surface area contributed by atoms with Crippen LogP contribution < -0.4 is 0 Å². The average Bonchev–Trinajstić information content (AvgIpc) is 3.61. The van der Waals surface area contributed by atoms with Gasteiger partial charge >= 0.3 is 0 Å². The molecule has 1 fully saturated rings. The molecule has 6 rings (SSSR count). The maximum Gasteiger partial charge on any atom is 0.184 e. The highest BCUT2D eigenvalue weighted by molar-refractivity contribution is 5.83. The van der Waals surface area contributed by atoms with Crippen molar-refractivity contribution in [2.75, 3.05) is 20.7 Å². The summed E-state index contributed by atoms with van der Waals surface area (Å²) in [5.41, 5.74) is 3.69. The molecule has 0 radical (unpaired) electrons. The summed E-state index contributed by atoms with van der Waals surface area (Å²) in [5, 5.41) is 11.2. The van der Waals surface area contributed by atoms with Crippen molar-refractivity contribution in [2.45, 2.75) is 30.6 Å². The normalized spacial score (nSPS) is 19.2. The smallest absolute Gasteiger partial charge is 0.184 e. The molecule has 8 nitrogen and oxygen atoms in total. The van der Waals surface area contributed by atoms with E-state index in [0.29, 0.717) is 30.0 Å². The Morgan fingerprint density at radius 3 is 2.02 bits per heavy atom. The average molecular weight is 547 g/mol. The van der Waals surface area contributed by atoms with Crippen LogP contribution in [-0.4, -0.2) is 62.7 Å². The number of aliphatic hydroxyl groups excluding tert-OH is 1. The number of ether oxygens (including phenoxy) is 1. The van der Waals surface area contributed by atoms with E-state index in [1.54, 1.807) is 12.7 Å². The first-order valence-electron chi connectivity index (χ1n) is 13.9. The summed E-state index contributed by atoms with van der Waals surface area (Å²) in [6, 6.07) is 31.0. The lowest BCUT2D eigenvalue weighted by Crippen LogP contribution is -2.34. The van der Waals surface area contributed by atoms with Crippen molar-refractivity contribution >= 4 is 23.3 Å². The second-order valence-electron chi connectivity index (χ2n) is 10.8. The van der Waals surface area contributed by atoms with Crippen molar-refractivity contribution in [1.82, 2.24) is 24.4 Å². The Morgan fingerprint density at radius 2 is 1.46 bits per heavy atom. The van der Waals surface area contributed by atoms with Crippen LogP contribution in [0.2, 0.25) is 0 Å². The standard InChI is InChI=1S/C33H34N6O2/c1-38(2)22-37-31-30-32(35-21-34-31)39(23-36-30)28-18-24(19-29(28)40)20-41-33(25-12-6-3-7-13-25,26-14-8-4-9-15-26)27-16-10-5-11-17-27/h3-17,21-24,28-29,40H,18-20H2,1-2H3/b37-22+/t24-,28+,29?/m0/s1. The molecule has 2 heterocycles. The second-order valence-corrected chi connectivity index (χ2v) is 10.8. The van der Waals surface area contributed by atoms with Crippen LogP contribution in [-0.2, 0) is 10.3 Å². The highest BCUT2D eigenvalue weighted by Gasteiger charge is 2.41. The largest absolute Gasteiger partial charge is 0.391 e. The van der Waals surface area contributed by atoms with Gasteiger partial charge in [-0.3, -0.25) is 0 Å². The molecule has 3 aromatic carbocycles. The molecule has 41 heavy (non-hydrogen) atoms. The van der Waals surface area contributed by atoms with Crippen molar-refractivity contribution < 1.29 is 9.84 Å². The van der Waals surface area contributed by atoms with Gasteiger partial charge in [0.2, 0.25) is 0 Å². The fraction of sp³-hybridized carbons (Fsp3) is 0.273. The van der Waals surface area contributed by atoms with Crippen molar-refractivity contribution in [3.63, 3.8) is 0 Å².